The van der Waals surface area contributed by atoms with Crippen molar-refractivity contribution < 1.29 is 4.39 Å². The molecule has 2 rings (SSSR count). The molecule has 0 aliphatic rings. The summed E-state index contributed by atoms with van der Waals surface area (Å²) in [4.78, 5) is 0. The molecule has 0 amide bonds. The van der Waals surface area contributed by atoms with Crippen molar-refractivity contribution >= 4 is 39.1 Å². The highest BCUT2D eigenvalue weighted by Gasteiger charge is 2.16. The second-order valence-corrected chi connectivity index (χ2v) is 5.28. The molecular formula is C13H8BrCl2F. The molecule has 1 unspecified atom stereocenters. The molecule has 0 spiro atoms. The Kier molecular flexibility index (Phi) is 4.08. The predicted molar refractivity (Wildman–Crippen MR) is 73.2 cm³/mol. The average Bonchev–Trinajstić information content (AvgIpc) is 2.33. The van der Waals surface area contributed by atoms with Crippen LogP contribution >= 0.6 is 39.1 Å². The number of halogens is 4. The van der Waals surface area contributed by atoms with Crippen molar-refractivity contribution in [3.8, 4) is 0 Å². The van der Waals surface area contributed by atoms with Gasteiger partial charge in [0.1, 0.15) is 5.82 Å². The van der Waals surface area contributed by atoms with Gasteiger partial charge in [-0.1, -0.05) is 35.9 Å². The summed E-state index contributed by atoms with van der Waals surface area (Å²) in [6.07, 6.45) is 0. The lowest BCUT2D eigenvalue weighted by Crippen LogP contribution is -1.97. The molecule has 4 heteroatoms. The number of hydrogen-bond donors (Lipinski definition) is 0. The second kappa shape index (κ2) is 5.38. The van der Waals surface area contributed by atoms with Gasteiger partial charge < -0.3 is 0 Å². The Morgan fingerprint density at radius 1 is 1.06 bits per heavy atom. The Hall–Kier alpha value is -0.570. The molecule has 0 saturated carbocycles. The van der Waals surface area contributed by atoms with E-state index < -0.39 is 5.38 Å². The van der Waals surface area contributed by atoms with Crippen LogP contribution in [0.3, 0.4) is 0 Å². The van der Waals surface area contributed by atoms with Crippen LogP contribution in [0.4, 0.5) is 4.39 Å². The van der Waals surface area contributed by atoms with Crippen molar-refractivity contribution in [3.05, 3.63) is 68.9 Å². The van der Waals surface area contributed by atoms with Crippen LogP contribution in [0.15, 0.2) is 46.9 Å². The quantitative estimate of drug-likeness (QED) is 0.630. The second-order valence-electron chi connectivity index (χ2n) is 3.56. The van der Waals surface area contributed by atoms with Gasteiger partial charge in [0.05, 0.1) is 9.85 Å². The van der Waals surface area contributed by atoms with Gasteiger partial charge in [0, 0.05) is 10.6 Å². The highest BCUT2D eigenvalue weighted by atomic mass is 79.9. The van der Waals surface area contributed by atoms with Crippen molar-refractivity contribution in [2.24, 2.45) is 0 Å². The fourth-order valence-electron chi connectivity index (χ4n) is 1.53. The molecule has 0 saturated heterocycles. The Balaban J connectivity index is 2.40. The van der Waals surface area contributed by atoms with Crippen LogP contribution in [0.25, 0.3) is 0 Å². The lowest BCUT2D eigenvalue weighted by atomic mass is 10.0. The first-order chi connectivity index (χ1) is 8.09. The minimum Gasteiger partial charge on any atom is -0.205 e. The summed E-state index contributed by atoms with van der Waals surface area (Å²) in [5, 5.41) is 0.108. The van der Waals surface area contributed by atoms with E-state index in [1.54, 1.807) is 42.5 Å². The fraction of sp³-hybridized carbons (Fsp3) is 0.0769. The van der Waals surface area contributed by atoms with Crippen molar-refractivity contribution in [2.75, 3.05) is 0 Å². The molecular weight excluding hydrogens is 326 g/mol. The predicted octanol–water partition coefficient (Wildman–Crippen LogP) is 5.57. The van der Waals surface area contributed by atoms with E-state index in [1.165, 1.54) is 0 Å². The average molecular weight is 334 g/mol. The smallest absolute Gasteiger partial charge is 0.142 e. The third-order valence-corrected chi connectivity index (χ3v) is 3.77. The molecule has 0 aliphatic carbocycles. The molecule has 2 aromatic carbocycles. The number of hydrogen-bond acceptors (Lipinski definition) is 0. The van der Waals surface area contributed by atoms with Gasteiger partial charge in [-0.05, 0) is 39.7 Å². The number of alkyl halides is 1. The van der Waals surface area contributed by atoms with E-state index in [0.717, 1.165) is 5.56 Å². The van der Waals surface area contributed by atoms with Crippen LogP contribution in [0, 0.1) is 5.82 Å². The Bertz CT molecular complexity index is 525. The van der Waals surface area contributed by atoms with Crippen molar-refractivity contribution in [2.45, 2.75) is 5.38 Å². The molecule has 0 fully saturated rings. The third-order valence-electron chi connectivity index (χ3n) is 2.42. The molecule has 0 nitrogen and oxygen atoms in total. The lowest BCUT2D eigenvalue weighted by molar-refractivity contribution is 0.605. The van der Waals surface area contributed by atoms with E-state index >= 15 is 0 Å². The summed E-state index contributed by atoms with van der Waals surface area (Å²) >= 11 is 15.2. The monoisotopic (exact) mass is 332 g/mol. The molecule has 0 N–H and O–H groups in total. The summed E-state index contributed by atoms with van der Waals surface area (Å²) in [6, 6.07) is 12.1. The van der Waals surface area contributed by atoms with Gasteiger partial charge in [-0.15, -0.1) is 11.6 Å². The molecule has 0 bridgehead atoms. The summed E-state index contributed by atoms with van der Waals surface area (Å²) in [7, 11) is 0. The van der Waals surface area contributed by atoms with E-state index in [2.05, 4.69) is 15.9 Å². The lowest BCUT2D eigenvalue weighted by Gasteiger charge is -2.12. The molecule has 0 heterocycles. The zero-order valence-corrected chi connectivity index (χ0v) is 11.7. The first-order valence-electron chi connectivity index (χ1n) is 4.93. The van der Waals surface area contributed by atoms with Gasteiger partial charge in [-0.25, -0.2) is 4.39 Å². The summed E-state index contributed by atoms with van der Waals surface area (Å²) < 4.78 is 14.3. The van der Waals surface area contributed by atoms with Crippen molar-refractivity contribution in [3.63, 3.8) is 0 Å². The first kappa shape index (κ1) is 12.9. The van der Waals surface area contributed by atoms with Crippen LogP contribution in [0.2, 0.25) is 5.02 Å². The maximum absolute atomic E-state index is 13.9. The van der Waals surface area contributed by atoms with Gasteiger partial charge >= 0.3 is 0 Å². The van der Waals surface area contributed by atoms with Crippen molar-refractivity contribution in [1.29, 1.82) is 0 Å². The maximum Gasteiger partial charge on any atom is 0.142 e. The minimum atomic E-state index is -0.523. The van der Waals surface area contributed by atoms with Gasteiger partial charge in [0.2, 0.25) is 0 Å². The summed E-state index contributed by atoms with van der Waals surface area (Å²) in [5.74, 6) is -0.331. The standard InChI is InChI=1S/C13H8BrCl2F/c14-11-3-1-2-10(13(11)17)12(16)8-4-6-9(15)7-5-8/h1-7,12H. The fourth-order valence-corrected chi connectivity index (χ4v) is 2.35. The van der Waals surface area contributed by atoms with Crippen molar-refractivity contribution in [1.82, 2.24) is 0 Å². The topological polar surface area (TPSA) is 0 Å². The van der Waals surface area contributed by atoms with E-state index in [-0.39, 0.29) is 5.82 Å². The van der Waals surface area contributed by atoms with Crippen LogP contribution in [-0.4, -0.2) is 0 Å². The molecule has 0 aliphatic heterocycles. The normalized spacial score (nSPS) is 12.5. The van der Waals surface area contributed by atoms with E-state index in [4.69, 9.17) is 23.2 Å². The minimum absolute atomic E-state index is 0.331. The third kappa shape index (κ3) is 2.82. The number of rotatable bonds is 2. The molecule has 0 radical (unpaired) electrons. The molecule has 1 atom stereocenters. The molecule has 0 aromatic heterocycles. The summed E-state index contributed by atoms with van der Waals surface area (Å²) in [5.41, 5.74) is 1.26. The van der Waals surface area contributed by atoms with E-state index in [1.807, 2.05) is 0 Å². The van der Waals surface area contributed by atoms with Crippen LogP contribution in [0.5, 0.6) is 0 Å². The molecule has 88 valence electrons. The molecule has 2 aromatic rings. The van der Waals surface area contributed by atoms with E-state index in [9.17, 15) is 4.39 Å². The van der Waals surface area contributed by atoms with Gasteiger partial charge in [0.25, 0.3) is 0 Å². The van der Waals surface area contributed by atoms with Crippen LogP contribution < -0.4 is 0 Å². The molecule has 17 heavy (non-hydrogen) atoms. The van der Waals surface area contributed by atoms with Gasteiger partial charge in [0.15, 0.2) is 0 Å². The zero-order valence-electron chi connectivity index (χ0n) is 8.63. The van der Waals surface area contributed by atoms with Crippen LogP contribution in [0.1, 0.15) is 16.5 Å². The van der Waals surface area contributed by atoms with Gasteiger partial charge in [-0.2, -0.15) is 0 Å². The Morgan fingerprint density at radius 2 is 1.71 bits per heavy atom. The largest absolute Gasteiger partial charge is 0.205 e. The highest BCUT2D eigenvalue weighted by Crippen LogP contribution is 2.33. The Labute approximate surface area is 117 Å². The first-order valence-corrected chi connectivity index (χ1v) is 6.54. The SMILES string of the molecule is Fc1c(Br)cccc1C(Cl)c1ccc(Cl)cc1. The maximum atomic E-state index is 13.9. The summed E-state index contributed by atoms with van der Waals surface area (Å²) in [6.45, 7) is 0. The van der Waals surface area contributed by atoms with Gasteiger partial charge in [-0.3, -0.25) is 0 Å². The Morgan fingerprint density at radius 3 is 2.35 bits per heavy atom. The number of benzene rings is 2. The van der Waals surface area contributed by atoms with E-state index in [0.29, 0.717) is 15.1 Å². The van der Waals surface area contributed by atoms with Crippen LogP contribution in [-0.2, 0) is 0 Å². The zero-order chi connectivity index (χ0) is 12.4. The highest BCUT2D eigenvalue weighted by molar-refractivity contribution is 9.10.